The number of aromatic hydroxyl groups is 1. The van der Waals surface area contributed by atoms with E-state index in [2.05, 4.69) is 5.32 Å². The van der Waals surface area contributed by atoms with Crippen LogP contribution in [0, 0.1) is 0 Å². The maximum absolute atomic E-state index is 12.0. The Hall–Kier alpha value is -3.02. The van der Waals surface area contributed by atoms with Crippen LogP contribution in [0.1, 0.15) is 29.3 Å². The molecule has 0 spiro atoms. The van der Waals surface area contributed by atoms with Gasteiger partial charge in [-0.3, -0.25) is 4.79 Å². The molecule has 0 bridgehead atoms. The van der Waals surface area contributed by atoms with Crippen LogP contribution in [-0.2, 0) is 16.0 Å². The van der Waals surface area contributed by atoms with Crippen LogP contribution in [0.5, 0.6) is 11.5 Å². The molecule has 0 aromatic heterocycles. The van der Waals surface area contributed by atoms with Crippen molar-refractivity contribution in [3.05, 3.63) is 59.7 Å². The summed E-state index contributed by atoms with van der Waals surface area (Å²) in [6, 6.07) is 14.2. The zero-order valence-corrected chi connectivity index (χ0v) is 14.9. The van der Waals surface area contributed by atoms with E-state index in [1.54, 1.807) is 0 Å². The van der Waals surface area contributed by atoms with Gasteiger partial charge in [-0.2, -0.15) is 0 Å². The predicted molar refractivity (Wildman–Crippen MR) is 97.3 cm³/mol. The predicted octanol–water partition coefficient (Wildman–Crippen LogP) is 2.70. The summed E-state index contributed by atoms with van der Waals surface area (Å²) in [7, 11) is 1.45. The number of aryl methyl sites for hydroxylation is 1. The molecule has 0 fully saturated rings. The van der Waals surface area contributed by atoms with Crippen molar-refractivity contribution in [1.29, 1.82) is 0 Å². The average molecular weight is 357 g/mol. The Labute approximate surface area is 152 Å². The van der Waals surface area contributed by atoms with E-state index in [9.17, 15) is 14.7 Å². The molecule has 0 saturated heterocycles. The third-order valence-electron chi connectivity index (χ3n) is 3.88. The second kappa shape index (κ2) is 9.46. The first-order chi connectivity index (χ1) is 12.5. The lowest BCUT2D eigenvalue weighted by molar-refractivity contribution is -0.124. The third kappa shape index (κ3) is 5.81. The van der Waals surface area contributed by atoms with Crippen LogP contribution >= 0.6 is 0 Å². The maximum Gasteiger partial charge on any atom is 0.342 e. The van der Waals surface area contributed by atoms with E-state index in [1.165, 1.54) is 30.9 Å². The number of hydrogen-bond donors (Lipinski definition) is 2. The van der Waals surface area contributed by atoms with Crippen molar-refractivity contribution >= 4 is 11.9 Å². The van der Waals surface area contributed by atoms with Gasteiger partial charge < -0.3 is 19.9 Å². The van der Waals surface area contributed by atoms with Crippen LogP contribution in [0.25, 0.3) is 0 Å². The number of hydrogen-bond acceptors (Lipinski definition) is 5. The Morgan fingerprint density at radius 3 is 2.54 bits per heavy atom. The van der Waals surface area contributed by atoms with Gasteiger partial charge in [-0.25, -0.2) is 4.79 Å². The van der Waals surface area contributed by atoms with Gasteiger partial charge in [0.1, 0.15) is 17.1 Å². The highest BCUT2D eigenvalue weighted by atomic mass is 16.5. The van der Waals surface area contributed by atoms with Gasteiger partial charge in [-0.15, -0.1) is 0 Å². The Kier molecular flexibility index (Phi) is 7.02. The van der Waals surface area contributed by atoms with Gasteiger partial charge in [-0.05, 0) is 37.5 Å². The highest BCUT2D eigenvalue weighted by Gasteiger charge is 2.16. The number of ether oxygens (including phenoxy) is 2. The smallest absolute Gasteiger partial charge is 0.342 e. The van der Waals surface area contributed by atoms with Crippen LogP contribution < -0.4 is 10.1 Å². The first-order valence-electron chi connectivity index (χ1n) is 8.37. The van der Waals surface area contributed by atoms with Crippen LogP contribution in [-0.4, -0.2) is 36.7 Å². The molecule has 0 aliphatic rings. The van der Waals surface area contributed by atoms with Crippen molar-refractivity contribution in [2.24, 2.45) is 0 Å². The van der Waals surface area contributed by atoms with Crippen molar-refractivity contribution in [2.45, 2.75) is 25.8 Å². The van der Waals surface area contributed by atoms with Gasteiger partial charge in [0.2, 0.25) is 0 Å². The summed E-state index contributed by atoms with van der Waals surface area (Å²) >= 11 is 0. The molecule has 6 nitrogen and oxygen atoms in total. The fourth-order valence-corrected chi connectivity index (χ4v) is 2.44. The van der Waals surface area contributed by atoms with Gasteiger partial charge in [0.05, 0.1) is 7.11 Å². The number of methoxy groups -OCH3 is 1. The number of rotatable bonds is 8. The monoisotopic (exact) mass is 357 g/mol. The number of benzene rings is 2. The lowest BCUT2D eigenvalue weighted by Gasteiger charge is -2.14. The number of nitrogens with one attached hydrogen (secondary N) is 1. The number of amides is 1. The van der Waals surface area contributed by atoms with Gasteiger partial charge >= 0.3 is 5.97 Å². The minimum Gasteiger partial charge on any atom is -0.507 e. The second-order valence-electron chi connectivity index (χ2n) is 5.95. The molecule has 1 amide bonds. The molecule has 0 unspecified atom stereocenters. The highest BCUT2D eigenvalue weighted by Crippen LogP contribution is 2.23. The van der Waals surface area contributed by atoms with E-state index in [0.717, 1.165) is 12.8 Å². The highest BCUT2D eigenvalue weighted by molar-refractivity contribution is 5.94. The van der Waals surface area contributed by atoms with Crippen molar-refractivity contribution in [2.75, 3.05) is 13.7 Å². The molecule has 26 heavy (non-hydrogen) atoms. The van der Waals surface area contributed by atoms with E-state index in [4.69, 9.17) is 9.47 Å². The summed E-state index contributed by atoms with van der Waals surface area (Å²) in [6.07, 6.45) is 1.63. The molecule has 2 aromatic rings. The van der Waals surface area contributed by atoms with Crippen LogP contribution in [0.3, 0.4) is 0 Å². The standard InChI is InChI=1S/C20H23NO5/c1-14(8-9-15-6-4-3-5-7-15)21-19(23)13-26-20(24)17-11-10-16(25-2)12-18(17)22/h3-7,10-12,14,22H,8-9,13H2,1-2H3,(H,21,23)/t14-/m0/s1. The quantitative estimate of drug-likeness (QED) is 0.710. The molecule has 0 aliphatic carbocycles. The number of carbonyl (C=O) groups is 2. The summed E-state index contributed by atoms with van der Waals surface area (Å²) in [4.78, 5) is 23.9. The van der Waals surface area contributed by atoms with Gasteiger partial charge in [0.15, 0.2) is 6.61 Å². The normalized spacial score (nSPS) is 11.5. The largest absolute Gasteiger partial charge is 0.507 e. The van der Waals surface area contributed by atoms with E-state index in [-0.39, 0.29) is 23.3 Å². The third-order valence-corrected chi connectivity index (χ3v) is 3.88. The van der Waals surface area contributed by atoms with E-state index >= 15 is 0 Å². The minimum absolute atomic E-state index is 0.0178. The zero-order chi connectivity index (χ0) is 18.9. The fourth-order valence-electron chi connectivity index (χ4n) is 2.44. The Morgan fingerprint density at radius 2 is 1.88 bits per heavy atom. The van der Waals surface area contributed by atoms with Gasteiger partial charge in [-0.1, -0.05) is 30.3 Å². The molecule has 2 N–H and O–H groups in total. The molecule has 0 radical (unpaired) electrons. The van der Waals surface area contributed by atoms with Crippen LogP contribution in [0.15, 0.2) is 48.5 Å². The second-order valence-corrected chi connectivity index (χ2v) is 5.95. The molecular weight excluding hydrogens is 334 g/mol. The molecule has 6 heteroatoms. The average Bonchev–Trinajstić information content (AvgIpc) is 2.65. The molecule has 1 atom stereocenters. The topological polar surface area (TPSA) is 84.9 Å². The minimum atomic E-state index is -0.766. The van der Waals surface area contributed by atoms with Crippen molar-refractivity contribution in [1.82, 2.24) is 5.32 Å². The van der Waals surface area contributed by atoms with Gasteiger partial charge in [0.25, 0.3) is 5.91 Å². The Balaban J connectivity index is 1.76. The SMILES string of the molecule is COc1ccc(C(=O)OCC(=O)N[C@@H](C)CCc2ccccc2)c(O)c1. The van der Waals surface area contributed by atoms with Crippen LogP contribution in [0.2, 0.25) is 0 Å². The number of phenolic OH excluding ortho intramolecular Hbond substituents is 1. The zero-order valence-electron chi connectivity index (χ0n) is 14.9. The number of phenols is 1. The van der Waals surface area contributed by atoms with Gasteiger partial charge in [0, 0.05) is 12.1 Å². The molecule has 138 valence electrons. The maximum atomic E-state index is 12.0. The summed E-state index contributed by atoms with van der Waals surface area (Å²) in [5, 5.41) is 12.6. The Bertz CT molecular complexity index is 745. The first kappa shape index (κ1) is 19.3. The molecular formula is C20H23NO5. The van der Waals surface area contributed by atoms with E-state index in [1.807, 2.05) is 37.3 Å². The number of carbonyl (C=O) groups excluding carboxylic acids is 2. The summed E-state index contributed by atoms with van der Waals surface area (Å²) in [6.45, 7) is 1.50. The Morgan fingerprint density at radius 1 is 1.15 bits per heavy atom. The molecule has 0 heterocycles. The first-order valence-corrected chi connectivity index (χ1v) is 8.37. The lowest BCUT2D eigenvalue weighted by Crippen LogP contribution is -2.36. The van der Waals surface area contributed by atoms with E-state index < -0.39 is 12.6 Å². The number of esters is 1. The fraction of sp³-hybridized carbons (Fsp3) is 0.300. The van der Waals surface area contributed by atoms with Crippen molar-refractivity contribution in [3.8, 4) is 11.5 Å². The molecule has 0 aliphatic heterocycles. The molecule has 0 saturated carbocycles. The summed E-state index contributed by atoms with van der Waals surface area (Å²) in [5.41, 5.74) is 1.19. The lowest BCUT2D eigenvalue weighted by atomic mass is 10.1. The summed E-state index contributed by atoms with van der Waals surface area (Å²) < 4.78 is 9.91. The molecule has 2 rings (SSSR count). The van der Waals surface area contributed by atoms with E-state index in [0.29, 0.717) is 5.75 Å². The van der Waals surface area contributed by atoms with Crippen LogP contribution in [0.4, 0.5) is 0 Å². The molecule has 2 aromatic carbocycles. The van der Waals surface area contributed by atoms with Crippen molar-refractivity contribution in [3.63, 3.8) is 0 Å². The van der Waals surface area contributed by atoms with Crippen molar-refractivity contribution < 1.29 is 24.2 Å². The summed E-state index contributed by atoms with van der Waals surface area (Å²) in [5.74, 6) is -0.987.